The van der Waals surface area contributed by atoms with Gasteiger partial charge in [0.25, 0.3) is 8.24 Å². The van der Waals surface area contributed by atoms with Crippen molar-refractivity contribution in [1.82, 2.24) is 0 Å². The van der Waals surface area contributed by atoms with Gasteiger partial charge < -0.3 is 9.26 Å². The van der Waals surface area contributed by atoms with E-state index in [2.05, 4.69) is 11.1 Å². The van der Waals surface area contributed by atoms with Gasteiger partial charge in [-0.15, -0.1) is 11.1 Å². The van der Waals surface area contributed by atoms with Gasteiger partial charge in [0, 0.05) is 0 Å². The van der Waals surface area contributed by atoms with E-state index in [0.717, 1.165) is 0 Å². The molecule has 0 aromatic heterocycles. The molecule has 0 fully saturated rings. The zero-order chi connectivity index (χ0) is 3.58. The minimum absolute atomic E-state index is 0. The van der Waals surface area contributed by atoms with Crippen LogP contribution in [0.2, 0.25) is 0 Å². The Kier molecular flexibility index (Phi) is 26.7. The first-order valence-corrected chi connectivity index (χ1v) is 2.93. The van der Waals surface area contributed by atoms with Crippen LogP contribution in [0.1, 0.15) is 0 Å². The van der Waals surface area contributed by atoms with Crippen molar-refractivity contribution in [2.75, 3.05) is 0 Å². The summed E-state index contributed by atoms with van der Waals surface area (Å²) in [5.74, 6) is 0. The predicted octanol–water partition coefficient (Wildman–Crippen LogP) is -1.76. The van der Waals surface area contributed by atoms with Crippen molar-refractivity contribution in [3.8, 4) is 0 Å². The average molecular weight is 160 g/mol. The summed E-state index contributed by atoms with van der Waals surface area (Å²) >= 11 is 4.27. The van der Waals surface area contributed by atoms with Crippen LogP contribution in [0.3, 0.4) is 0 Å². The third-order valence-corrected chi connectivity index (χ3v) is 0. The quantitative estimate of drug-likeness (QED) is 0.311. The molecule has 0 heterocycles. The van der Waals surface area contributed by atoms with Crippen LogP contribution in [0.4, 0.5) is 0 Å². The van der Waals surface area contributed by atoms with E-state index in [4.69, 9.17) is 9.26 Å². The standard InChI is InChI=1S/Ca.ClO2Si.Mg/c;1-4(2)3;/q+2;-1;+2. The van der Waals surface area contributed by atoms with Crippen LogP contribution in [-0.4, -0.2) is 69.0 Å². The Bertz CT molecular complexity index is 36.5. The first-order chi connectivity index (χ1) is 1.73. The average Bonchev–Trinajstić information content (AvgIpc) is 0.811. The molecule has 0 atom stereocenters. The van der Waals surface area contributed by atoms with Gasteiger partial charge in [-0.25, -0.2) is 0 Å². The molecule has 0 N–H and O–H groups in total. The number of rotatable bonds is 0. The van der Waals surface area contributed by atoms with Gasteiger partial charge in [0.15, 0.2) is 0 Å². The maximum atomic E-state index is 8.84. The molecule has 0 unspecified atom stereocenters. The molecule has 0 saturated heterocycles. The molecule has 0 spiro atoms. The van der Waals surface area contributed by atoms with Crippen molar-refractivity contribution >= 4 is 80.1 Å². The van der Waals surface area contributed by atoms with Gasteiger partial charge >= 0.3 is 60.8 Å². The summed E-state index contributed by atoms with van der Waals surface area (Å²) in [6.07, 6.45) is 0. The van der Waals surface area contributed by atoms with Crippen LogP contribution in [-0.2, 0) is 4.46 Å². The van der Waals surface area contributed by atoms with Gasteiger partial charge in [0.1, 0.15) is 0 Å². The van der Waals surface area contributed by atoms with Crippen LogP contribution in [0, 0.1) is 0 Å². The fourth-order valence-electron chi connectivity index (χ4n) is 0. The molecule has 0 aromatic carbocycles. The van der Waals surface area contributed by atoms with E-state index in [-0.39, 0.29) is 60.8 Å². The molecule has 0 bridgehead atoms. The minimum atomic E-state index is -2.91. The Morgan fingerprint density at radius 1 is 1.67 bits per heavy atom. The monoisotopic (exact) mass is 159 g/mol. The van der Waals surface area contributed by atoms with Crippen LogP contribution in [0.15, 0.2) is 0 Å². The topological polar surface area (TPSA) is 40.1 Å². The normalized spacial score (nSPS) is 4.17. The summed E-state index contributed by atoms with van der Waals surface area (Å²) in [6.45, 7) is 0. The molecule has 0 aromatic rings. The second kappa shape index (κ2) is 10.2. The fourth-order valence-corrected chi connectivity index (χ4v) is 0. The molecule has 0 amide bonds. The van der Waals surface area contributed by atoms with E-state index in [0.29, 0.717) is 0 Å². The minimum Gasteiger partial charge on any atom is -0.572 e. The van der Waals surface area contributed by atoms with Gasteiger partial charge in [0.05, 0.1) is 0 Å². The van der Waals surface area contributed by atoms with Gasteiger partial charge in [0.2, 0.25) is 0 Å². The summed E-state index contributed by atoms with van der Waals surface area (Å²) in [5, 5.41) is 0. The zero-order valence-electron chi connectivity index (χ0n) is 3.11. The predicted molar refractivity (Wildman–Crippen MR) is 23.8 cm³/mol. The summed E-state index contributed by atoms with van der Waals surface area (Å²) in [5.41, 5.74) is 0. The Labute approximate surface area is 87.9 Å². The summed E-state index contributed by atoms with van der Waals surface area (Å²) in [6, 6.07) is 0. The first kappa shape index (κ1) is 15.7. The van der Waals surface area contributed by atoms with E-state index in [1.54, 1.807) is 0 Å². The van der Waals surface area contributed by atoms with E-state index in [9.17, 15) is 0 Å². The molecule has 0 aliphatic rings. The largest absolute Gasteiger partial charge is 2.00 e. The molecule has 0 rings (SSSR count). The van der Waals surface area contributed by atoms with Crippen molar-refractivity contribution in [3.05, 3.63) is 0 Å². The van der Waals surface area contributed by atoms with Crippen molar-refractivity contribution in [1.29, 1.82) is 0 Å². The second-order valence-corrected chi connectivity index (χ2v) is 1.64. The summed E-state index contributed by atoms with van der Waals surface area (Å²) < 4.78 is 8.84. The molecule has 0 radical (unpaired) electrons. The van der Waals surface area contributed by atoms with Crippen LogP contribution >= 0.6 is 11.1 Å². The van der Waals surface area contributed by atoms with Crippen molar-refractivity contribution in [2.24, 2.45) is 0 Å². The molecule has 6 heteroatoms. The second-order valence-electron chi connectivity index (χ2n) is 0.238. The van der Waals surface area contributed by atoms with E-state index in [1.807, 2.05) is 0 Å². The van der Waals surface area contributed by atoms with Crippen LogP contribution in [0.5, 0.6) is 0 Å². The molecule has 24 valence electrons. The van der Waals surface area contributed by atoms with Gasteiger partial charge in [-0.1, -0.05) is 0 Å². The molecule has 0 saturated carbocycles. The maximum Gasteiger partial charge on any atom is 2.00 e. The van der Waals surface area contributed by atoms with Crippen LogP contribution in [0.25, 0.3) is 0 Å². The number of hydrogen-bond acceptors (Lipinski definition) is 2. The Morgan fingerprint density at radius 3 is 1.67 bits per heavy atom. The number of halogens is 1. The van der Waals surface area contributed by atoms with E-state index >= 15 is 0 Å². The van der Waals surface area contributed by atoms with Crippen molar-refractivity contribution in [3.63, 3.8) is 0 Å². The van der Waals surface area contributed by atoms with Gasteiger partial charge in [-0.3, -0.25) is 0 Å². The summed E-state index contributed by atoms with van der Waals surface area (Å²) in [7, 11) is -2.91. The third-order valence-electron chi connectivity index (χ3n) is 0. The SMILES string of the molecule is O=[Si]([O-])Cl.[Ca+2].[Mg+2]. The Hall–Kier alpha value is 2.13. The van der Waals surface area contributed by atoms with Crippen molar-refractivity contribution < 1.29 is 9.26 Å². The van der Waals surface area contributed by atoms with E-state index in [1.165, 1.54) is 0 Å². The summed E-state index contributed by atoms with van der Waals surface area (Å²) in [4.78, 5) is 8.84. The molecular formula is CaClMgO2Si+3. The first-order valence-electron chi connectivity index (χ1n) is 0.597. The maximum absolute atomic E-state index is 8.84. The third kappa shape index (κ3) is 35.5. The molecule has 0 aliphatic heterocycles. The van der Waals surface area contributed by atoms with Gasteiger partial charge in [-0.2, -0.15) is 0 Å². The van der Waals surface area contributed by atoms with Crippen LogP contribution < -0.4 is 4.80 Å². The van der Waals surface area contributed by atoms with Gasteiger partial charge in [-0.05, 0) is 0 Å². The smallest absolute Gasteiger partial charge is 0.572 e. The molecule has 6 heavy (non-hydrogen) atoms. The molecule has 2 nitrogen and oxygen atoms in total. The zero-order valence-corrected chi connectivity index (χ0v) is 8.49. The Morgan fingerprint density at radius 2 is 1.67 bits per heavy atom. The Balaban J connectivity index is -0.0000000450. The number of hydrogen-bond donors (Lipinski definition) is 0. The molecule has 0 aliphatic carbocycles. The fraction of sp³-hybridized carbons (Fsp3) is 0. The van der Waals surface area contributed by atoms with Crippen molar-refractivity contribution in [2.45, 2.75) is 0 Å². The molecular weight excluding hydrogens is 160 g/mol. The van der Waals surface area contributed by atoms with E-state index < -0.39 is 8.24 Å².